The molecule has 1 rings (SSSR count). The van der Waals surface area contributed by atoms with Crippen LogP contribution in [0.3, 0.4) is 0 Å². The number of hydrogen-bond donors (Lipinski definition) is 0. The summed E-state index contributed by atoms with van der Waals surface area (Å²) in [6, 6.07) is 5.96. The highest BCUT2D eigenvalue weighted by molar-refractivity contribution is 7.89. The maximum atomic E-state index is 11.7. The van der Waals surface area contributed by atoms with Crippen molar-refractivity contribution in [3.63, 3.8) is 0 Å². The first kappa shape index (κ1) is 12.0. The average Bonchev–Trinajstić information content (AvgIpc) is 2.16. The smallest absolute Gasteiger partial charge is 0.207 e. The molecular weight excluding hydrogens is 236 g/mol. The van der Waals surface area contributed by atoms with Crippen molar-refractivity contribution >= 4 is 21.6 Å². The highest BCUT2D eigenvalue weighted by atomic mass is 35.5. The Hall–Kier alpha value is -1.09. The van der Waals surface area contributed by atoms with Crippen molar-refractivity contribution in [2.75, 3.05) is 14.1 Å². The van der Waals surface area contributed by atoms with Crippen molar-refractivity contribution in [1.29, 1.82) is 5.26 Å². The van der Waals surface area contributed by atoms with Gasteiger partial charge in [-0.05, 0) is 18.2 Å². The van der Waals surface area contributed by atoms with Crippen molar-refractivity contribution in [3.8, 4) is 6.07 Å². The van der Waals surface area contributed by atoms with E-state index >= 15 is 0 Å². The van der Waals surface area contributed by atoms with Crippen LogP contribution in [0, 0.1) is 11.3 Å². The minimum Gasteiger partial charge on any atom is -0.207 e. The Kier molecular flexibility index (Phi) is 3.35. The molecule has 1 aromatic carbocycles. The van der Waals surface area contributed by atoms with E-state index in [9.17, 15) is 8.42 Å². The lowest BCUT2D eigenvalue weighted by molar-refractivity contribution is 0.521. The van der Waals surface area contributed by atoms with Gasteiger partial charge in [0.1, 0.15) is 4.90 Å². The molecule has 80 valence electrons. The monoisotopic (exact) mass is 244 g/mol. The summed E-state index contributed by atoms with van der Waals surface area (Å²) in [6.07, 6.45) is 0. The van der Waals surface area contributed by atoms with E-state index in [1.54, 1.807) is 0 Å². The zero-order valence-corrected chi connectivity index (χ0v) is 9.80. The molecule has 4 nitrogen and oxygen atoms in total. The van der Waals surface area contributed by atoms with Crippen molar-refractivity contribution in [3.05, 3.63) is 28.8 Å². The molecule has 0 bridgehead atoms. The van der Waals surface area contributed by atoms with Gasteiger partial charge in [0.05, 0.1) is 16.7 Å². The van der Waals surface area contributed by atoms with Crippen molar-refractivity contribution in [2.45, 2.75) is 4.90 Å². The van der Waals surface area contributed by atoms with Gasteiger partial charge in [-0.1, -0.05) is 11.6 Å². The summed E-state index contributed by atoms with van der Waals surface area (Å²) in [5, 5.41) is 8.65. The molecule has 0 atom stereocenters. The molecule has 0 aliphatic rings. The van der Waals surface area contributed by atoms with Crippen LogP contribution in [0.15, 0.2) is 23.1 Å². The number of halogens is 1. The van der Waals surface area contributed by atoms with E-state index in [0.717, 1.165) is 4.31 Å². The second-order valence-electron chi connectivity index (χ2n) is 3.04. The largest absolute Gasteiger partial charge is 0.244 e. The quantitative estimate of drug-likeness (QED) is 0.791. The Morgan fingerprint density at radius 1 is 1.40 bits per heavy atom. The summed E-state index contributed by atoms with van der Waals surface area (Å²) < 4.78 is 24.5. The van der Waals surface area contributed by atoms with Gasteiger partial charge < -0.3 is 0 Å². The van der Waals surface area contributed by atoms with Crippen LogP contribution >= 0.6 is 11.6 Å². The zero-order chi connectivity index (χ0) is 11.6. The normalized spacial score (nSPS) is 11.4. The van der Waals surface area contributed by atoms with E-state index in [2.05, 4.69) is 0 Å². The summed E-state index contributed by atoms with van der Waals surface area (Å²) in [6.45, 7) is 0. The van der Waals surface area contributed by atoms with Gasteiger partial charge in [0.25, 0.3) is 0 Å². The third-order valence-electron chi connectivity index (χ3n) is 1.82. The molecule has 0 unspecified atom stereocenters. The van der Waals surface area contributed by atoms with Crippen LogP contribution in [-0.4, -0.2) is 26.8 Å². The molecule has 0 heterocycles. The van der Waals surface area contributed by atoms with Gasteiger partial charge in [-0.3, -0.25) is 0 Å². The summed E-state index contributed by atoms with van der Waals surface area (Å²) in [5.74, 6) is 0. The predicted octanol–water partition coefficient (Wildman–Crippen LogP) is 1.46. The molecule has 0 fully saturated rings. The first-order valence-electron chi connectivity index (χ1n) is 4.02. The fourth-order valence-electron chi connectivity index (χ4n) is 0.976. The van der Waals surface area contributed by atoms with Crippen molar-refractivity contribution < 1.29 is 8.42 Å². The van der Waals surface area contributed by atoms with Crippen molar-refractivity contribution in [2.24, 2.45) is 0 Å². The maximum absolute atomic E-state index is 11.7. The van der Waals surface area contributed by atoms with E-state index in [1.807, 2.05) is 6.07 Å². The van der Waals surface area contributed by atoms with Crippen LogP contribution in [0.25, 0.3) is 0 Å². The summed E-state index contributed by atoms with van der Waals surface area (Å²) in [5.41, 5.74) is 0.331. The Bertz CT molecular complexity index is 517. The maximum Gasteiger partial charge on any atom is 0.244 e. The van der Waals surface area contributed by atoms with Gasteiger partial charge in [0.15, 0.2) is 0 Å². The summed E-state index contributed by atoms with van der Waals surface area (Å²) in [4.78, 5) is 0.00756. The number of nitriles is 1. The van der Waals surface area contributed by atoms with E-state index in [-0.39, 0.29) is 9.92 Å². The third kappa shape index (κ3) is 2.29. The Balaban J connectivity index is 3.37. The van der Waals surface area contributed by atoms with Crippen LogP contribution in [0.1, 0.15) is 5.56 Å². The zero-order valence-electron chi connectivity index (χ0n) is 8.23. The number of sulfonamides is 1. The first-order chi connectivity index (χ1) is 6.89. The summed E-state index contributed by atoms with van der Waals surface area (Å²) in [7, 11) is -0.700. The molecule has 0 aliphatic heterocycles. The van der Waals surface area contributed by atoms with Crippen molar-refractivity contribution in [1.82, 2.24) is 4.31 Å². The average molecular weight is 245 g/mol. The number of rotatable bonds is 2. The van der Waals surface area contributed by atoms with E-state index < -0.39 is 10.0 Å². The number of hydrogen-bond acceptors (Lipinski definition) is 3. The van der Waals surface area contributed by atoms with Gasteiger partial charge in [-0.2, -0.15) is 5.26 Å². The van der Waals surface area contributed by atoms with Crippen LogP contribution < -0.4 is 0 Å². The lowest BCUT2D eigenvalue weighted by Gasteiger charge is -2.12. The Morgan fingerprint density at radius 2 is 2.00 bits per heavy atom. The van der Waals surface area contributed by atoms with Gasteiger partial charge in [-0.25, -0.2) is 12.7 Å². The molecular formula is C9H9ClN2O2S. The fourth-order valence-corrected chi connectivity index (χ4v) is 2.39. The highest BCUT2D eigenvalue weighted by Crippen LogP contribution is 2.24. The second-order valence-corrected chi connectivity index (χ2v) is 5.57. The lowest BCUT2D eigenvalue weighted by atomic mass is 10.2. The molecule has 0 amide bonds. The molecule has 15 heavy (non-hydrogen) atoms. The molecule has 0 saturated heterocycles. The van der Waals surface area contributed by atoms with Gasteiger partial charge in [-0.15, -0.1) is 0 Å². The lowest BCUT2D eigenvalue weighted by Crippen LogP contribution is -2.22. The first-order valence-corrected chi connectivity index (χ1v) is 5.83. The van der Waals surface area contributed by atoms with Gasteiger partial charge in [0, 0.05) is 14.1 Å². The standard InChI is InChI=1S/C9H9ClN2O2S/c1-12(2)15(13,14)9-4-3-7(6-11)5-8(9)10/h3-5H,1-2H3. The molecule has 0 aromatic heterocycles. The fraction of sp³-hybridized carbons (Fsp3) is 0.222. The molecule has 1 aromatic rings. The SMILES string of the molecule is CN(C)S(=O)(=O)c1ccc(C#N)cc1Cl. The highest BCUT2D eigenvalue weighted by Gasteiger charge is 2.20. The molecule has 6 heteroatoms. The van der Waals surface area contributed by atoms with Crippen LogP contribution in [0.4, 0.5) is 0 Å². The van der Waals surface area contributed by atoms with E-state index in [0.29, 0.717) is 5.56 Å². The minimum atomic E-state index is -3.54. The summed E-state index contributed by atoms with van der Waals surface area (Å²) >= 11 is 5.78. The molecule has 0 radical (unpaired) electrons. The molecule has 0 saturated carbocycles. The molecule has 0 spiro atoms. The van der Waals surface area contributed by atoms with Crippen LogP contribution in [0.5, 0.6) is 0 Å². The molecule has 0 aliphatic carbocycles. The van der Waals surface area contributed by atoms with E-state index in [4.69, 9.17) is 16.9 Å². The van der Waals surface area contributed by atoms with Crippen LogP contribution in [-0.2, 0) is 10.0 Å². The molecule has 0 N–H and O–H groups in total. The predicted molar refractivity (Wildman–Crippen MR) is 57.0 cm³/mol. The number of benzene rings is 1. The Morgan fingerprint density at radius 3 is 2.40 bits per heavy atom. The minimum absolute atomic E-state index is 0.00756. The van der Waals surface area contributed by atoms with E-state index in [1.165, 1.54) is 32.3 Å². The third-order valence-corrected chi connectivity index (χ3v) is 4.12. The Labute approximate surface area is 93.7 Å². The van der Waals surface area contributed by atoms with Gasteiger partial charge >= 0.3 is 0 Å². The topological polar surface area (TPSA) is 61.2 Å². The van der Waals surface area contributed by atoms with Crippen LogP contribution in [0.2, 0.25) is 5.02 Å². The van der Waals surface area contributed by atoms with Gasteiger partial charge in [0.2, 0.25) is 10.0 Å². The second kappa shape index (κ2) is 4.19. The number of nitrogens with zero attached hydrogens (tertiary/aromatic N) is 2.